The topological polar surface area (TPSA) is 78.9 Å². The maximum atomic E-state index is 13.5. The number of nitrogens with one attached hydrogen (secondary N) is 3. The monoisotopic (exact) mass is 347 g/mol. The van der Waals surface area contributed by atoms with Gasteiger partial charge in [0.25, 0.3) is 0 Å². The van der Waals surface area contributed by atoms with E-state index in [1.54, 1.807) is 36.4 Å². The van der Waals surface area contributed by atoms with Crippen LogP contribution in [0.25, 0.3) is 0 Å². The van der Waals surface area contributed by atoms with Gasteiger partial charge in [-0.1, -0.05) is 0 Å². The van der Waals surface area contributed by atoms with Crippen molar-refractivity contribution in [1.29, 1.82) is 0 Å². The first-order valence-electron chi connectivity index (χ1n) is 7.69. The number of amides is 2. The van der Waals surface area contributed by atoms with Gasteiger partial charge in [0.2, 0.25) is 0 Å². The summed E-state index contributed by atoms with van der Waals surface area (Å²) in [7, 11) is 0. The van der Waals surface area contributed by atoms with E-state index < -0.39 is 0 Å². The zero-order chi connectivity index (χ0) is 16.8. The normalized spacial score (nSPS) is 16.1. The molecular weight excluding hydrogens is 329 g/mol. The molecule has 2 heterocycles. The summed E-state index contributed by atoms with van der Waals surface area (Å²) in [6.07, 6.45) is 5.60. The summed E-state index contributed by atoms with van der Waals surface area (Å²) in [5.41, 5.74) is 0.846. The second-order valence-corrected chi connectivity index (χ2v) is 6.43. The van der Waals surface area contributed by atoms with Crippen molar-refractivity contribution in [2.24, 2.45) is 0 Å². The molecule has 1 aromatic heterocycles. The number of thioether (sulfide) groups is 1. The van der Waals surface area contributed by atoms with Gasteiger partial charge in [-0.2, -0.15) is 0 Å². The molecule has 0 bridgehead atoms. The van der Waals surface area contributed by atoms with Gasteiger partial charge in [-0.15, -0.1) is 11.8 Å². The first-order chi connectivity index (χ1) is 11.7. The lowest BCUT2D eigenvalue weighted by Gasteiger charge is -2.26. The van der Waals surface area contributed by atoms with E-state index in [4.69, 9.17) is 0 Å². The predicted octanol–water partition coefficient (Wildman–Crippen LogP) is 2.56. The molecule has 2 aromatic rings. The minimum atomic E-state index is -0.281. The van der Waals surface area contributed by atoms with E-state index in [0.717, 1.165) is 22.6 Å². The predicted molar refractivity (Wildman–Crippen MR) is 91.5 cm³/mol. The molecule has 0 saturated carbocycles. The Balaban J connectivity index is 1.47. The Hall–Kier alpha value is -2.35. The number of benzene rings is 1. The molecule has 1 aliphatic heterocycles. The average Bonchev–Trinajstić information content (AvgIpc) is 2.60. The number of nitrogens with zero attached hydrogens (tertiary/aromatic N) is 2. The van der Waals surface area contributed by atoms with Crippen LogP contribution in [0, 0.1) is 5.82 Å². The number of urea groups is 1. The van der Waals surface area contributed by atoms with Crippen molar-refractivity contribution in [1.82, 2.24) is 20.6 Å². The summed E-state index contributed by atoms with van der Waals surface area (Å²) in [5, 5.41) is 8.76. The van der Waals surface area contributed by atoms with Crippen molar-refractivity contribution in [3.63, 3.8) is 0 Å². The van der Waals surface area contributed by atoms with E-state index in [-0.39, 0.29) is 17.9 Å². The van der Waals surface area contributed by atoms with Gasteiger partial charge in [-0.3, -0.25) is 4.98 Å². The molecule has 2 amide bonds. The summed E-state index contributed by atoms with van der Waals surface area (Å²) in [5.74, 6) is 1.28. The highest BCUT2D eigenvalue weighted by atomic mass is 32.2. The Morgan fingerprint density at radius 3 is 3.08 bits per heavy atom. The van der Waals surface area contributed by atoms with Gasteiger partial charge in [-0.05, 0) is 30.2 Å². The zero-order valence-corrected chi connectivity index (χ0v) is 13.8. The summed E-state index contributed by atoms with van der Waals surface area (Å²) in [4.78, 5) is 21.1. The number of halogens is 1. The zero-order valence-electron chi connectivity index (χ0n) is 13.0. The third-order valence-electron chi connectivity index (χ3n) is 3.60. The summed E-state index contributed by atoms with van der Waals surface area (Å²) >= 11 is 1.69. The summed E-state index contributed by atoms with van der Waals surface area (Å²) in [6.45, 7) is 0.984. The molecule has 0 spiro atoms. The van der Waals surface area contributed by atoms with E-state index in [2.05, 4.69) is 25.9 Å². The van der Waals surface area contributed by atoms with Crippen molar-refractivity contribution in [2.75, 3.05) is 24.2 Å². The molecule has 8 heteroatoms. The molecule has 1 aromatic carbocycles. The fourth-order valence-corrected chi connectivity index (χ4v) is 3.59. The van der Waals surface area contributed by atoms with Crippen LogP contribution in [0.5, 0.6) is 0 Å². The lowest BCUT2D eigenvalue weighted by atomic mass is 10.0. The van der Waals surface area contributed by atoms with Gasteiger partial charge in [0.15, 0.2) is 0 Å². The highest BCUT2D eigenvalue weighted by molar-refractivity contribution is 7.99. The first-order valence-corrected chi connectivity index (χ1v) is 8.67. The van der Waals surface area contributed by atoms with Crippen LogP contribution >= 0.6 is 11.8 Å². The van der Waals surface area contributed by atoms with E-state index >= 15 is 0 Å². The van der Waals surface area contributed by atoms with E-state index in [1.165, 1.54) is 12.1 Å². The average molecular weight is 347 g/mol. The van der Waals surface area contributed by atoms with Crippen molar-refractivity contribution in [3.05, 3.63) is 48.2 Å². The van der Waals surface area contributed by atoms with Gasteiger partial charge in [0.05, 0.1) is 12.2 Å². The number of aromatic nitrogens is 2. The van der Waals surface area contributed by atoms with Crippen LogP contribution in [0.3, 0.4) is 0 Å². The quantitative estimate of drug-likeness (QED) is 0.725. The number of rotatable bonds is 5. The first kappa shape index (κ1) is 16.5. The molecule has 0 saturated heterocycles. The molecule has 0 unspecified atom stereocenters. The smallest absolute Gasteiger partial charge is 0.315 e. The fraction of sp³-hybridized carbons (Fsp3) is 0.312. The highest BCUT2D eigenvalue weighted by Gasteiger charge is 2.22. The van der Waals surface area contributed by atoms with Gasteiger partial charge in [-0.25, -0.2) is 14.2 Å². The minimum absolute atomic E-state index is 0.162. The molecule has 126 valence electrons. The van der Waals surface area contributed by atoms with Crippen LogP contribution in [-0.4, -0.2) is 34.8 Å². The van der Waals surface area contributed by atoms with Crippen LogP contribution in [0.4, 0.5) is 15.0 Å². The molecular formula is C16H18FN5OS. The van der Waals surface area contributed by atoms with Crippen LogP contribution < -0.4 is 16.0 Å². The molecule has 1 aliphatic rings. The van der Waals surface area contributed by atoms with E-state index in [0.29, 0.717) is 18.9 Å². The highest BCUT2D eigenvalue weighted by Crippen LogP contribution is 2.36. The third kappa shape index (κ3) is 4.35. The molecule has 0 radical (unpaired) electrons. The lowest BCUT2D eigenvalue weighted by Crippen LogP contribution is -2.40. The maximum absolute atomic E-state index is 13.5. The maximum Gasteiger partial charge on any atom is 0.315 e. The van der Waals surface area contributed by atoms with Crippen molar-refractivity contribution < 1.29 is 9.18 Å². The largest absolute Gasteiger partial charge is 0.367 e. The summed E-state index contributed by atoms with van der Waals surface area (Å²) < 4.78 is 13.5. The molecule has 0 aliphatic carbocycles. The van der Waals surface area contributed by atoms with Crippen LogP contribution in [0.1, 0.15) is 18.0 Å². The number of carbonyl (C=O) groups excluding carboxylic acids is 1. The Bertz CT molecular complexity index is 700. The lowest BCUT2D eigenvalue weighted by molar-refractivity contribution is 0.237. The fourth-order valence-electron chi connectivity index (χ4n) is 2.48. The van der Waals surface area contributed by atoms with Gasteiger partial charge >= 0.3 is 6.03 Å². The molecule has 24 heavy (non-hydrogen) atoms. The van der Waals surface area contributed by atoms with Gasteiger partial charge in [0, 0.05) is 36.1 Å². The van der Waals surface area contributed by atoms with Crippen molar-refractivity contribution >= 4 is 23.6 Å². The second kappa shape index (κ2) is 7.96. The third-order valence-corrected chi connectivity index (χ3v) is 4.72. The summed E-state index contributed by atoms with van der Waals surface area (Å²) in [6, 6.07) is 4.30. The number of hydrogen-bond donors (Lipinski definition) is 3. The van der Waals surface area contributed by atoms with Gasteiger partial charge < -0.3 is 16.0 Å². The van der Waals surface area contributed by atoms with Crippen LogP contribution in [0.2, 0.25) is 0 Å². The van der Waals surface area contributed by atoms with Crippen LogP contribution in [0.15, 0.2) is 41.7 Å². The minimum Gasteiger partial charge on any atom is -0.367 e. The molecule has 3 rings (SSSR count). The number of anilines is 1. The molecule has 1 atom stereocenters. The Kier molecular flexibility index (Phi) is 5.47. The number of fused-ring (bicyclic) bond motifs is 1. The SMILES string of the molecule is O=C(NCCNc1cnccn1)N[C@H]1CCSc2ccc(F)cc21. The van der Waals surface area contributed by atoms with Crippen molar-refractivity contribution in [2.45, 2.75) is 17.4 Å². The standard InChI is InChI=1S/C16H18FN5OS/c17-11-1-2-14-12(9-11)13(3-8-24-14)22-16(23)21-7-6-20-15-10-18-4-5-19-15/h1-2,4-5,9-10,13H,3,6-8H2,(H,19,20)(H2,21,22,23)/t13-/m0/s1. The van der Waals surface area contributed by atoms with Crippen molar-refractivity contribution in [3.8, 4) is 0 Å². The molecule has 6 nitrogen and oxygen atoms in total. The molecule has 3 N–H and O–H groups in total. The second-order valence-electron chi connectivity index (χ2n) is 5.29. The van der Waals surface area contributed by atoms with E-state index in [1.807, 2.05) is 0 Å². The Morgan fingerprint density at radius 2 is 2.25 bits per heavy atom. The van der Waals surface area contributed by atoms with E-state index in [9.17, 15) is 9.18 Å². The number of hydrogen-bond acceptors (Lipinski definition) is 5. The Labute approximate surface area is 143 Å². The van der Waals surface area contributed by atoms with Gasteiger partial charge in [0.1, 0.15) is 11.6 Å². The number of carbonyl (C=O) groups is 1. The molecule has 0 fully saturated rings. The van der Waals surface area contributed by atoms with Crippen LogP contribution in [-0.2, 0) is 0 Å². The Morgan fingerprint density at radius 1 is 1.33 bits per heavy atom.